The number of allylic oxidation sites excluding steroid dienone is 3. The standard InChI is InChI=1S/C29H39FN2O2/c1-7-22-16-25(13-14-26(22)34-21(6)30)29(28(33)20(5)15-27(31)32-29)24-12-11-19(4)23(17-24)10-8-9-18(2)3/h11,13-14,16-18,20-21,24,28,33H,7,9,12,15H2,1-6H3,(H2,31,32)/t20-,21?,24?,28?,29+/m1/s1. The van der Waals surface area contributed by atoms with Gasteiger partial charge in [0.15, 0.2) is 0 Å². The molecule has 2 aliphatic rings. The molecule has 1 aliphatic carbocycles. The lowest BCUT2D eigenvalue weighted by Gasteiger charge is -2.46. The number of alkyl halides is 1. The summed E-state index contributed by atoms with van der Waals surface area (Å²) in [5, 5.41) is 11.7. The average Bonchev–Trinajstić information content (AvgIpc) is 2.77. The van der Waals surface area contributed by atoms with E-state index in [0.29, 0.717) is 30.3 Å². The highest BCUT2D eigenvalue weighted by Crippen LogP contribution is 2.48. The van der Waals surface area contributed by atoms with Crippen LogP contribution in [0.4, 0.5) is 4.39 Å². The molecule has 0 saturated heterocycles. The van der Waals surface area contributed by atoms with Crippen LogP contribution in [0.3, 0.4) is 0 Å². The zero-order valence-corrected chi connectivity index (χ0v) is 21.4. The molecule has 1 aliphatic heterocycles. The molecule has 0 radical (unpaired) electrons. The van der Waals surface area contributed by atoms with Crippen LogP contribution in [0.2, 0.25) is 0 Å². The summed E-state index contributed by atoms with van der Waals surface area (Å²) in [6.45, 7) is 11.8. The maximum Gasteiger partial charge on any atom is 0.235 e. The van der Waals surface area contributed by atoms with Crippen molar-refractivity contribution in [1.29, 1.82) is 0 Å². The maximum atomic E-state index is 13.6. The highest BCUT2D eigenvalue weighted by atomic mass is 19.1. The van der Waals surface area contributed by atoms with Gasteiger partial charge in [-0.1, -0.05) is 57.8 Å². The van der Waals surface area contributed by atoms with E-state index in [9.17, 15) is 9.50 Å². The van der Waals surface area contributed by atoms with Gasteiger partial charge in [-0.15, -0.1) is 0 Å². The first-order valence-corrected chi connectivity index (χ1v) is 12.4. The number of nitrogens with two attached hydrogens (primary N) is 1. The summed E-state index contributed by atoms with van der Waals surface area (Å²) in [6.07, 6.45) is 5.00. The molecule has 1 aromatic rings. The zero-order chi connectivity index (χ0) is 25.0. The normalized spacial score (nSPS) is 27.8. The van der Waals surface area contributed by atoms with Crippen LogP contribution in [0.25, 0.3) is 0 Å². The van der Waals surface area contributed by atoms with Gasteiger partial charge in [-0.2, -0.15) is 0 Å². The van der Waals surface area contributed by atoms with Crippen molar-refractivity contribution in [3.8, 4) is 17.6 Å². The van der Waals surface area contributed by atoms with E-state index in [4.69, 9.17) is 15.5 Å². The number of aliphatic hydroxyl groups excluding tert-OH is 1. The number of hydrogen-bond acceptors (Lipinski definition) is 4. The van der Waals surface area contributed by atoms with E-state index in [-0.39, 0.29) is 11.8 Å². The topological polar surface area (TPSA) is 67.8 Å². The van der Waals surface area contributed by atoms with Crippen molar-refractivity contribution < 1.29 is 14.2 Å². The SMILES string of the molecule is CCc1cc([C@]2(C3C=C(C#CCC(C)C)C(C)=CC3)N=C(N)C[C@@H](C)C2O)ccc1OC(C)F. The molecule has 3 N–H and O–H groups in total. The highest BCUT2D eigenvalue weighted by Gasteiger charge is 2.50. The van der Waals surface area contributed by atoms with Crippen molar-refractivity contribution >= 4 is 5.84 Å². The van der Waals surface area contributed by atoms with E-state index < -0.39 is 18.0 Å². The lowest BCUT2D eigenvalue weighted by Crippen LogP contribution is -2.52. The summed E-state index contributed by atoms with van der Waals surface area (Å²) in [5.74, 6) is 8.04. The first-order chi connectivity index (χ1) is 16.1. The molecule has 4 nitrogen and oxygen atoms in total. The smallest absolute Gasteiger partial charge is 0.235 e. The predicted octanol–water partition coefficient (Wildman–Crippen LogP) is 5.84. The summed E-state index contributed by atoms with van der Waals surface area (Å²) < 4.78 is 19.0. The molecule has 5 heteroatoms. The van der Waals surface area contributed by atoms with Gasteiger partial charge in [-0.3, -0.25) is 4.99 Å². The Labute approximate surface area is 204 Å². The molecule has 0 fully saturated rings. The minimum atomic E-state index is -1.40. The number of halogens is 1. The van der Waals surface area contributed by atoms with Crippen molar-refractivity contribution in [1.82, 2.24) is 0 Å². The second-order valence-electron chi connectivity index (χ2n) is 10.1. The van der Waals surface area contributed by atoms with Crippen molar-refractivity contribution in [2.24, 2.45) is 28.5 Å². The van der Waals surface area contributed by atoms with E-state index >= 15 is 0 Å². The number of amidine groups is 1. The predicted molar refractivity (Wildman–Crippen MR) is 137 cm³/mol. The van der Waals surface area contributed by atoms with Crippen LogP contribution in [0.5, 0.6) is 5.75 Å². The summed E-state index contributed by atoms with van der Waals surface area (Å²) in [5.41, 5.74) is 9.28. The van der Waals surface area contributed by atoms with E-state index in [1.807, 2.05) is 26.0 Å². The molecule has 3 rings (SSSR count). The minimum Gasteiger partial charge on any atom is -0.460 e. The van der Waals surface area contributed by atoms with Crippen LogP contribution in [-0.4, -0.2) is 23.4 Å². The molecule has 0 bridgehead atoms. The zero-order valence-electron chi connectivity index (χ0n) is 21.4. The molecule has 0 amide bonds. The Morgan fingerprint density at radius 2 is 2.06 bits per heavy atom. The van der Waals surface area contributed by atoms with Crippen LogP contribution in [-0.2, 0) is 12.0 Å². The van der Waals surface area contributed by atoms with E-state index in [2.05, 4.69) is 44.8 Å². The average molecular weight is 467 g/mol. The van der Waals surface area contributed by atoms with E-state index in [1.54, 1.807) is 6.07 Å². The third-order valence-corrected chi connectivity index (χ3v) is 6.81. The molecule has 0 spiro atoms. The Kier molecular flexibility index (Phi) is 8.25. The summed E-state index contributed by atoms with van der Waals surface area (Å²) in [7, 11) is 0. The van der Waals surface area contributed by atoms with Crippen LogP contribution >= 0.6 is 0 Å². The van der Waals surface area contributed by atoms with E-state index in [1.165, 1.54) is 6.92 Å². The molecular formula is C29H39FN2O2. The summed E-state index contributed by atoms with van der Waals surface area (Å²) in [4.78, 5) is 4.98. The van der Waals surface area contributed by atoms with Gasteiger partial charge in [-0.25, -0.2) is 4.39 Å². The van der Waals surface area contributed by atoms with Gasteiger partial charge >= 0.3 is 0 Å². The third kappa shape index (κ3) is 5.39. The minimum absolute atomic E-state index is 0.0553. The fourth-order valence-corrected chi connectivity index (χ4v) is 4.98. The first-order valence-electron chi connectivity index (χ1n) is 12.4. The fraction of sp³-hybridized carbons (Fsp3) is 0.552. The fourth-order valence-electron chi connectivity index (χ4n) is 4.98. The Bertz CT molecular complexity index is 1040. The van der Waals surface area contributed by atoms with Crippen LogP contribution in [0, 0.1) is 29.6 Å². The highest BCUT2D eigenvalue weighted by molar-refractivity contribution is 5.82. The molecule has 3 unspecified atom stereocenters. The number of benzene rings is 1. The lowest BCUT2D eigenvalue weighted by atomic mass is 9.65. The molecule has 184 valence electrons. The number of nitrogens with zero attached hydrogens (tertiary/aromatic N) is 1. The monoisotopic (exact) mass is 466 g/mol. The Hall–Kier alpha value is -2.58. The second kappa shape index (κ2) is 10.8. The van der Waals surface area contributed by atoms with Crippen LogP contribution in [0.1, 0.15) is 71.9 Å². The summed E-state index contributed by atoms with van der Waals surface area (Å²) in [6, 6.07) is 5.69. The molecule has 1 heterocycles. The van der Waals surface area contributed by atoms with Crippen LogP contribution in [0.15, 0.2) is 46.5 Å². The molecule has 5 atom stereocenters. The summed E-state index contributed by atoms with van der Waals surface area (Å²) >= 11 is 0. The Morgan fingerprint density at radius 3 is 2.71 bits per heavy atom. The lowest BCUT2D eigenvalue weighted by molar-refractivity contribution is 0.0101. The van der Waals surface area contributed by atoms with Crippen molar-refractivity contribution in [2.75, 3.05) is 0 Å². The number of aliphatic imine (C=N–C) groups is 1. The number of hydrogen-bond donors (Lipinski definition) is 2. The largest absolute Gasteiger partial charge is 0.460 e. The van der Waals surface area contributed by atoms with Gasteiger partial charge in [0.05, 0.1) is 11.9 Å². The van der Waals surface area contributed by atoms with Gasteiger partial charge in [-0.05, 0) is 60.4 Å². The maximum absolute atomic E-state index is 13.6. The molecule has 1 aromatic carbocycles. The second-order valence-corrected chi connectivity index (χ2v) is 10.1. The van der Waals surface area contributed by atoms with Crippen molar-refractivity contribution in [3.05, 3.63) is 52.6 Å². The molecular weight excluding hydrogens is 427 g/mol. The Balaban J connectivity index is 2.16. The number of rotatable bonds is 6. The number of aryl methyl sites for hydroxylation is 1. The van der Waals surface area contributed by atoms with Gasteiger partial charge < -0.3 is 15.6 Å². The van der Waals surface area contributed by atoms with Crippen LogP contribution < -0.4 is 10.5 Å². The van der Waals surface area contributed by atoms with Gasteiger partial charge in [0.25, 0.3) is 0 Å². The molecule has 0 aromatic heterocycles. The first kappa shape index (κ1) is 26.0. The molecule has 0 saturated carbocycles. The number of aliphatic hydroxyl groups is 1. The van der Waals surface area contributed by atoms with Gasteiger partial charge in [0, 0.05) is 31.3 Å². The van der Waals surface area contributed by atoms with Gasteiger partial charge in [0.2, 0.25) is 6.36 Å². The Morgan fingerprint density at radius 1 is 1.32 bits per heavy atom. The quantitative estimate of drug-likeness (QED) is 0.518. The van der Waals surface area contributed by atoms with Crippen molar-refractivity contribution in [2.45, 2.75) is 85.2 Å². The van der Waals surface area contributed by atoms with Crippen molar-refractivity contribution in [3.63, 3.8) is 0 Å². The van der Waals surface area contributed by atoms with Gasteiger partial charge in [0.1, 0.15) is 11.3 Å². The number of ether oxygens (including phenoxy) is 1. The van der Waals surface area contributed by atoms with E-state index in [0.717, 1.165) is 35.1 Å². The molecule has 34 heavy (non-hydrogen) atoms. The third-order valence-electron chi connectivity index (χ3n) is 6.81.